The number of hydrogen-bond acceptors (Lipinski definition) is 4. The van der Waals surface area contributed by atoms with E-state index in [-0.39, 0.29) is 36.7 Å². The highest BCUT2D eigenvalue weighted by Gasteiger charge is 2.27. The molecule has 1 aliphatic rings. The Labute approximate surface area is 203 Å². The third-order valence-corrected chi connectivity index (χ3v) is 4.77. The molecule has 2 heterocycles. The minimum atomic E-state index is -4.31. The van der Waals surface area contributed by atoms with Gasteiger partial charge >= 0.3 is 6.18 Å². The average molecular weight is 567 g/mol. The number of aryl methyl sites for hydroxylation is 1. The summed E-state index contributed by atoms with van der Waals surface area (Å²) in [5.74, 6) is 0.803. The van der Waals surface area contributed by atoms with Crippen molar-refractivity contribution in [3.8, 4) is 0 Å². The Morgan fingerprint density at radius 2 is 2.00 bits per heavy atom. The van der Waals surface area contributed by atoms with Crippen molar-refractivity contribution in [2.75, 3.05) is 32.8 Å². The number of benzene rings is 1. The van der Waals surface area contributed by atoms with E-state index in [2.05, 4.69) is 15.3 Å². The molecule has 178 valence electrons. The van der Waals surface area contributed by atoms with Crippen LogP contribution in [0.3, 0.4) is 0 Å². The van der Waals surface area contributed by atoms with Crippen molar-refractivity contribution in [2.24, 2.45) is 12.0 Å². The summed E-state index contributed by atoms with van der Waals surface area (Å²) in [7, 11) is 1.88. The van der Waals surface area contributed by atoms with E-state index in [0.717, 1.165) is 30.2 Å². The second-order valence-electron chi connectivity index (χ2n) is 7.35. The van der Waals surface area contributed by atoms with Crippen molar-refractivity contribution < 1.29 is 22.6 Å². The molecule has 1 N–H and O–H groups in total. The van der Waals surface area contributed by atoms with Crippen molar-refractivity contribution in [1.29, 1.82) is 0 Å². The zero-order valence-electron chi connectivity index (χ0n) is 18.1. The monoisotopic (exact) mass is 567 g/mol. The summed E-state index contributed by atoms with van der Waals surface area (Å²) >= 11 is 0. The molecule has 0 radical (unpaired) electrons. The quantitative estimate of drug-likeness (QED) is 0.315. The summed E-state index contributed by atoms with van der Waals surface area (Å²) in [6.45, 7) is 3.90. The molecule has 7 nitrogen and oxygen atoms in total. The number of aromatic nitrogens is 2. The molecule has 0 bridgehead atoms. The molecule has 1 atom stereocenters. The fourth-order valence-corrected chi connectivity index (χ4v) is 3.27. The number of nitrogens with zero attached hydrogens (tertiary/aromatic N) is 4. The molecule has 1 fully saturated rings. The van der Waals surface area contributed by atoms with Crippen molar-refractivity contribution in [3.05, 3.63) is 53.3 Å². The van der Waals surface area contributed by atoms with E-state index >= 15 is 0 Å². The van der Waals surface area contributed by atoms with Gasteiger partial charge in [0.25, 0.3) is 0 Å². The highest BCUT2D eigenvalue weighted by atomic mass is 127. The van der Waals surface area contributed by atoms with E-state index in [1.807, 2.05) is 38.5 Å². The first-order valence-electron chi connectivity index (χ1n) is 10.2. The van der Waals surface area contributed by atoms with Crippen molar-refractivity contribution in [1.82, 2.24) is 20.0 Å². The fraction of sp³-hybridized carbons (Fsp3) is 0.524. The van der Waals surface area contributed by atoms with Gasteiger partial charge in [0, 0.05) is 31.9 Å². The molecular weight excluding hydrogens is 538 g/mol. The molecule has 1 aliphatic heterocycles. The van der Waals surface area contributed by atoms with Gasteiger partial charge in [0.15, 0.2) is 5.96 Å². The van der Waals surface area contributed by atoms with E-state index in [1.165, 1.54) is 0 Å². The van der Waals surface area contributed by atoms with Crippen molar-refractivity contribution in [3.63, 3.8) is 0 Å². The number of morpholine rings is 1. The summed E-state index contributed by atoms with van der Waals surface area (Å²) < 4.78 is 48.9. The smallest absolute Gasteiger partial charge is 0.370 e. The van der Waals surface area contributed by atoms with Gasteiger partial charge in [0.2, 0.25) is 0 Å². The summed E-state index contributed by atoms with van der Waals surface area (Å²) in [5, 5.41) is 7.55. The molecule has 1 aromatic carbocycles. The lowest BCUT2D eigenvalue weighted by Crippen LogP contribution is -2.48. The molecule has 2 aromatic rings. The van der Waals surface area contributed by atoms with Gasteiger partial charge in [-0.1, -0.05) is 24.3 Å². The number of ether oxygens (including phenoxy) is 2. The zero-order chi connectivity index (χ0) is 22.3. The predicted octanol–water partition coefficient (Wildman–Crippen LogP) is 3.66. The third-order valence-electron chi connectivity index (χ3n) is 4.77. The molecule has 11 heteroatoms. The fourth-order valence-electron chi connectivity index (χ4n) is 3.27. The van der Waals surface area contributed by atoms with Gasteiger partial charge in [-0.15, -0.1) is 24.0 Å². The lowest BCUT2D eigenvalue weighted by atomic mass is 10.1. The molecule has 0 saturated carbocycles. The summed E-state index contributed by atoms with van der Waals surface area (Å²) in [6.07, 6.45) is -0.606. The van der Waals surface area contributed by atoms with Crippen LogP contribution in [0.1, 0.15) is 29.7 Å². The first kappa shape index (κ1) is 26.4. The van der Waals surface area contributed by atoms with Gasteiger partial charge in [0.05, 0.1) is 32.5 Å². The van der Waals surface area contributed by atoms with Crippen LogP contribution in [0.15, 0.2) is 41.7 Å². The number of rotatable bonds is 7. The molecule has 32 heavy (non-hydrogen) atoms. The van der Waals surface area contributed by atoms with E-state index in [0.29, 0.717) is 25.3 Å². The maximum absolute atomic E-state index is 12.2. The lowest BCUT2D eigenvalue weighted by Gasteiger charge is -2.34. The van der Waals surface area contributed by atoms with Crippen LogP contribution in [0.2, 0.25) is 0 Å². The number of alkyl halides is 3. The summed E-state index contributed by atoms with van der Waals surface area (Å²) in [6, 6.07) is 7.25. The second-order valence-corrected chi connectivity index (χ2v) is 7.35. The van der Waals surface area contributed by atoms with Crippen molar-refractivity contribution in [2.45, 2.75) is 32.4 Å². The van der Waals surface area contributed by atoms with Crippen LogP contribution in [0.4, 0.5) is 13.2 Å². The van der Waals surface area contributed by atoms with Gasteiger partial charge in [-0.05, 0) is 18.1 Å². The lowest BCUT2D eigenvalue weighted by molar-refractivity contribution is -0.176. The maximum atomic E-state index is 12.2. The van der Waals surface area contributed by atoms with Crippen LogP contribution in [0.25, 0.3) is 0 Å². The van der Waals surface area contributed by atoms with Gasteiger partial charge < -0.3 is 19.7 Å². The standard InChI is InChI=1S/C21H28F3N5O2.HI/c1-3-25-20(29-8-9-31-19(13-29)18-11-27-28(2)12-18)26-10-16-4-6-17(7-5-16)14-30-15-21(22,23)24;/h4-7,11-12,19H,3,8-10,13-15H2,1-2H3,(H,25,26);1H. The van der Waals surface area contributed by atoms with Gasteiger partial charge in [-0.3, -0.25) is 4.68 Å². The van der Waals surface area contributed by atoms with Gasteiger partial charge in [-0.2, -0.15) is 18.3 Å². The highest BCUT2D eigenvalue weighted by molar-refractivity contribution is 14.0. The highest BCUT2D eigenvalue weighted by Crippen LogP contribution is 2.22. The molecular formula is C21H29F3IN5O2. The Bertz CT molecular complexity index is 858. The van der Waals surface area contributed by atoms with Crippen LogP contribution >= 0.6 is 24.0 Å². The van der Waals surface area contributed by atoms with Crippen LogP contribution in [-0.2, 0) is 29.7 Å². The largest absolute Gasteiger partial charge is 0.411 e. The summed E-state index contributed by atoms with van der Waals surface area (Å²) in [5.41, 5.74) is 2.69. The topological polar surface area (TPSA) is 63.9 Å². The Morgan fingerprint density at radius 1 is 1.28 bits per heavy atom. The first-order valence-corrected chi connectivity index (χ1v) is 10.2. The Kier molecular flexibility index (Phi) is 10.2. The number of aliphatic imine (C=N–C) groups is 1. The van der Waals surface area contributed by atoms with Crippen LogP contribution < -0.4 is 5.32 Å². The van der Waals surface area contributed by atoms with E-state index in [9.17, 15) is 13.2 Å². The third kappa shape index (κ3) is 8.24. The number of halogens is 4. The van der Waals surface area contributed by atoms with E-state index in [1.54, 1.807) is 16.8 Å². The number of guanidine groups is 1. The van der Waals surface area contributed by atoms with E-state index in [4.69, 9.17) is 14.5 Å². The van der Waals surface area contributed by atoms with Gasteiger partial charge in [-0.25, -0.2) is 4.99 Å². The maximum Gasteiger partial charge on any atom is 0.411 e. The molecule has 1 unspecified atom stereocenters. The second kappa shape index (κ2) is 12.4. The SMILES string of the molecule is CCNC(=NCc1ccc(COCC(F)(F)F)cc1)N1CCOC(c2cnn(C)c2)C1.I. The molecule has 1 aromatic heterocycles. The number of nitrogens with one attached hydrogen (secondary N) is 1. The Morgan fingerprint density at radius 3 is 2.62 bits per heavy atom. The molecule has 0 spiro atoms. The molecule has 0 aliphatic carbocycles. The Balaban J connectivity index is 0.00000363. The number of hydrogen-bond donors (Lipinski definition) is 1. The average Bonchev–Trinajstić information content (AvgIpc) is 3.18. The van der Waals surface area contributed by atoms with Crippen molar-refractivity contribution >= 4 is 29.9 Å². The molecule has 3 rings (SSSR count). The van der Waals surface area contributed by atoms with Gasteiger partial charge in [0.1, 0.15) is 12.7 Å². The normalized spacial score (nSPS) is 17.2. The predicted molar refractivity (Wildman–Crippen MR) is 126 cm³/mol. The van der Waals surface area contributed by atoms with E-state index < -0.39 is 12.8 Å². The summed E-state index contributed by atoms with van der Waals surface area (Å²) in [4.78, 5) is 6.91. The van der Waals surface area contributed by atoms with Crippen LogP contribution in [0.5, 0.6) is 0 Å². The zero-order valence-corrected chi connectivity index (χ0v) is 20.5. The van der Waals surface area contributed by atoms with Crippen LogP contribution in [-0.4, -0.2) is 59.7 Å². The minimum Gasteiger partial charge on any atom is -0.370 e. The first-order chi connectivity index (χ1) is 14.8. The Hall–Kier alpha value is -1.86. The van der Waals surface area contributed by atoms with Crippen LogP contribution in [0, 0.1) is 0 Å². The molecule has 0 amide bonds. The minimum absolute atomic E-state index is 0. The molecule has 1 saturated heterocycles.